The van der Waals surface area contributed by atoms with E-state index in [1.165, 1.54) is 25.1 Å². The monoisotopic (exact) mass is 330 g/mol. The Labute approximate surface area is 136 Å². The number of ether oxygens (including phenoxy) is 3. The van der Waals surface area contributed by atoms with E-state index in [-0.39, 0.29) is 24.6 Å². The van der Waals surface area contributed by atoms with Gasteiger partial charge in [0, 0.05) is 6.92 Å². The smallest absolute Gasteiger partial charge is 0.346 e. The molecule has 0 aromatic carbocycles. The van der Waals surface area contributed by atoms with E-state index in [1.807, 2.05) is 0 Å². The van der Waals surface area contributed by atoms with E-state index in [2.05, 4.69) is 20.8 Å². The molecule has 1 aliphatic carbocycles. The fourth-order valence-electron chi connectivity index (χ4n) is 3.21. The SMILES string of the molecule is CC(=O)O[C@@H]1CO[C@@H](C(=O)O[C@H]2C[C@H](C)CC[C@H]2C(C)C)S1. The van der Waals surface area contributed by atoms with Gasteiger partial charge in [-0.05, 0) is 30.6 Å². The van der Waals surface area contributed by atoms with Crippen molar-refractivity contribution in [2.75, 3.05) is 6.61 Å². The van der Waals surface area contributed by atoms with E-state index < -0.39 is 10.9 Å². The van der Waals surface area contributed by atoms with Crippen LogP contribution in [-0.2, 0) is 23.8 Å². The van der Waals surface area contributed by atoms with Gasteiger partial charge in [-0.15, -0.1) is 0 Å². The summed E-state index contributed by atoms with van der Waals surface area (Å²) in [5, 5.41) is 0. The lowest BCUT2D eigenvalue weighted by atomic mass is 9.75. The molecule has 2 aliphatic rings. The van der Waals surface area contributed by atoms with Gasteiger partial charge in [0.1, 0.15) is 6.10 Å². The van der Waals surface area contributed by atoms with Gasteiger partial charge in [0.25, 0.3) is 0 Å². The molecule has 1 saturated carbocycles. The van der Waals surface area contributed by atoms with Crippen molar-refractivity contribution in [3.05, 3.63) is 0 Å². The summed E-state index contributed by atoms with van der Waals surface area (Å²) >= 11 is 1.21. The van der Waals surface area contributed by atoms with Gasteiger partial charge in [0.05, 0.1) is 6.61 Å². The molecule has 5 nitrogen and oxygen atoms in total. The highest BCUT2D eigenvalue weighted by molar-refractivity contribution is 8.01. The minimum atomic E-state index is -0.686. The summed E-state index contributed by atoms with van der Waals surface area (Å²) in [5.74, 6) is 0.784. The number of carbonyl (C=O) groups is 2. The predicted octanol–water partition coefficient (Wildman–Crippen LogP) is 2.97. The summed E-state index contributed by atoms with van der Waals surface area (Å²) in [6, 6.07) is 0. The average Bonchev–Trinajstić information content (AvgIpc) is 2.86. The Morgan fingerprint density at radius 1 is 1.23 bits per heavy atom. The molecule has 1 aliphatic heterocycles. The molecule has 0 amide bonds. The van der Waals surface area contributed by atoms with Crippen molar-refractivity contribution < 1.29 is 23.8 Å². The molecule has 1 saturated heterocycles. The van der Waals surface area contributed by atoms with Crippen LogP contribution in [0.5, 0.6) is 0 Å². The van der Waals surface area contributed by atoms with Gasteiger partial charge in [-0.1, -0.05) is 39.0 Å². The second-order valence-electron chi connectivity index (χ2n) is 6.64. The standard InChI is InChI=1S/C16H26O5S/c1-9(2)12-6-5-10(3)7-13(12)21-15(18)16-19-8-14(22-16)20-11(4)17/h9-10,12-14,16H,5-8H2,1-4H3/t10-,12+,13+,14+,16-/m1/s1. The van der Waals surface area contributed by atoms with Gasteiger partial charge in [0.15, 0.2) is 5.44 Å². The lowest BCUT2D eigenvalue weighted by Gasteiger charge is -2.37. The van der Waals surface area contributed by atoms with Crippen LogP contribution in [0.1, 0.15) is 47.0 Å². The highest BCUT2D eigenvalue weighted by Crippen LogP contribution is 2.37. The van der Waals surface area contributed by atoms with Crippen LogP contribution in [0.2, 0.25) is 0 Å². The molecule has 2 fully saturated rings. The van der Waals surface area contributed by atoms with E-state index in [9.17, 15) is 9.59 Å². The molecule has 0 unspecified atom stereocenters. The highest BCUT2D eigenvalue weighted by Gasteiger charge is 2.39. The van der Waals surface area contributed by atoms with Gasteiger partial charge < -0.3 is 14.2 Å². The zero-order chi connectivity index (χ0) is 16.3. The van der Waals surface area contributed by atoms with Crippen LogP contribution in [0.3, 0.4) is 0 Å². The summed E-state index contributed by atoms with van der Waals surface area (Å²) in [4.78, 5) is 23.3. The summed E-state index contributed by atoms with van der Waals surface area (Å²) in [7, 11) is 0. The fourth-order valence-corrected chi connectivity index (χ4v) is 4.16. The summed E-state index contributed by atoms with van der Waals surface area (Å²) < 4.78 is 16.2. The molecule has 126 valence electrons. The molecular weight excluding hydrogens is 304 g/mol. The van der Waals surface area contributed by atoms with Gasteiger partial charge in [-0.3, -0.25) is 4.79 Å². The van der Waals surface area contributed by atoms with Crippen LogP contribution in [-0.4, -0.2) is 35.5 Å². The third-order valence-electron chi connectivity index (χ3n) is 4.38. The zero-order valence-corrected chi connectivity index (χ0v) is 14.6. The van der Waals surface area contributed by atoms with Crippen LogP contribution >= 0.6 is 11.8 Å². The minimum Gasteiger partial charge on any atom is -0.459 e. The number of esters is 2. The van der Waals surface area contributed by atoms with Gasteiger partial charge >= 0.3 is 11.9 Å². The van der Waals surface area contributed by atoms with Crippen molar-refractivity contribution in [1.82, 2.24) is 0 Å². The topological polar surface area (TPSA) is 61.8 Å². The maximum Gasteiger partial charge on any atom is 0.346 e. The van der Waals surface area contributed by atoms with E-state index in [0.29, 0.717) is 17.8 Å². The third kappa shape index (κ3) is 4.62. The molecule has 5 atom stereocenters. The van der Waals surface area contributed by atoms with E-state index in [0.717, 1.165) is 12.8 Å². The highest BCUT2D eigenvalue weighted by atomic mass is 32.2. The lowest BCUT2D eigenvalue weighted by molar-refractivity contribution is -0.163. The Morgan fingerprint density at radius 2 is 1.95 bits per heavy atom. The van der Waals surface area contributed by atoms with E-state index >= 15 is 0 Å². The quantitative estimate of drug-likeness (QED) is 0.739. The third-order valence-corrected chi connectivity index (χ3v) is 5.49. The maximum atomic E-state index is 12.3. The molecule has 1 heterocycles. The predicted molar refractivity (Wildman–Crippen MR) is 84.1 cm³/mol. The Kier molecular flexibility index (Phi) is 6.15. The second-order valence-corrected chi connectivity index (χ2v) is 7.87. The number of hydrogen-bond acceptors (Lipinski definition) is 6. The molecule has 0 bridgehead atoms. The van der Waals surface area contributed by atoms with Crippen LogP contribution in [0.15, 0.2) is 0 Å². The summed E-state index contributed by atoms with van der Waals surface area (Å²) in [6.07, 6.45) is 3.18. The van der Waals surface area contributed by atoms with Crippen molar-refractivity contribution in [3.63, 3.8) is 0 Å². The van der Waals surface area contributed by atoms with Gasteiger partial charge in [0.2, 0.25) is 5.44 Å². The second kappa shape index (κ2) is 7.68. The Hall–Kier alpha value is -0.750. The fraction of sp³-hybridized carbons (Fsp3) is 0.875. The van der Waals surface area contributed by atoms with Gasteiger partial charge in [-0.25, -0.2) is 4.79 Å². The summed E-state index contributed by atoms with van der Waals surface area (Å²) in [6.45, 7) is 8.15. The Bertz CT molecular complexity index is 411. The van der Waals surface area contributed by atoms with Crippen molar-refractivity contribution in [1.29, 1.82) is 0 Å². The average molecular weight is 330 g/mol. The lowest BCUT2D eigenvalue weighted by Crippen LogP contribution is -2.37. The Balaban J connectivity index is 1.88. The van der Waals surface area contributed by atoms with Gasteiger partial charge in [-0.2, -0.15) is 0 Å². The zero-order valence-electron chi connectivity index (χ0n) is 13.7. The first-order chi connectivity index (χ1) is 10.4. The van der Waals surface area contributed by atoms with Crippen molar-refractivity contribution in [3.8, 4) is 0 Å². The van der Waals surface area contributed by atoms with Crippen molar-refractivity contribution in [2.24, 2.45) is 17.8 Å². The molecule has 0 radical (unpaired) electrons. The number of thioether (sulfide) groups is 1. The van der Waals surface area contributed by atoms with E-state index in [4.69, 9.17) is 14.2 Å². The summed E-state index contributed by atoms with van der Waals surface area (Å²) in [5.41, 5.74) is -1.10. The molecule has 2 rings (SSSR count). The van der Waals surface area contributed by atoms with E-state index in [1.54, 1.807) is 0 Å². The minimum absolute atomic E-state index is 0.0341. The molecule has 0 aromatic heterocycles. The Morgan fingerprint density at radius 3 is 2.59 bits per heavy atom. The van der Waals surface area contributed by atoms with Crippen LogP contribution in [0.25, 0.3) is 0 Å². The van der Waals surface area contributed by atoms with Crippen LogP contribution in [0, 0.1) is 17.8 Å². The van der Waals surface area contributed by atoms with Crippen LogP contribution < -0.4 is 0 Å². The normalized spacial score (nSPS) is 35.4. The molecule has 0 aromatic rings. The first kappa shape index (κ1) is 17.6. The molecule has 22 heavy (non-hydrogen) atoms. The number of hydrogen-bond donors (Lipinski definition) is 0. The first-order valence-electron chi connectivity index (χ1n) is 8.01. The number of carbonyl (C=O) groups excluding carboxylic acids is 2. The molecular formula is C16H26O5S. The van der Waals surface area contributed by atoms with Crippen molar-refractivity contribution in [2.45, 2.75) is 63.9 Å². The van der Waals surface area contributed by atoms with Crippen LogP contribution in [0.4, 0.5) is 0 Å². The molecule has 0 N–H and O–H groups in total. The maximum absolute atomic E-state index is 12.3. The molecule has 0 spiro atoms. The van der Waals surface area contributed by atoms with Crippen molar-refractivity contribution >= 4 is 23.7 Å². The molecule has 6 heteroatoms. The largest absolute Gasteiger partial charge is 0.459 e. The first-order valence-corrected chi connectivity index (χ1v) is 8.96. The number of rotatable bonds is 4.